The van der Waals surface area contributed by atoms with Gasteiger partial charge in [0.05, 0.1) is 0 Å². The van der Waals surface area contributed by atoms with Crippen LogP contribution in [0, 0.1) is 0 Å². The molecule has 344 valence electrons. The Bertz CT molecular complexity index is 1290. The lowest BCUT2D eigenvalue weighted by molar-refractivity contribution is -0.167. The normalized spacial score (nSPS) is 13.0. The molecule has 0 aliphatic carbocycles. The standard InChI is InChI=1S/C55H88O6/c1-4-7-10-13-16-19-22-25-28-31-33-36-39-42-45-48-54(57)60-51-52(61-55(58)49-46-43-40-37-34-30-27-24-21-18-15-12-9-6-3)50-59-53(56)47-44-41-38-35-32-29-26-23-20-17-14-11-8-5-2/h7-13,16-22,26-27,29-30,52H,4-6,14-15,23-25,28,31-51H2,1-3H3/b10-7-,11-8-,12-9-,16-13-,20-17-,21-18-,22-19-,29-26-,30-27-. The minimum Gasteiger partial charge on any atom is -0.462 e. The Kier molecular flexibility index (Phi) is 45.6. The summed E-state index contributed by atoms with van der Waals surface area (Å²) in [6.07, 6.45) is 65.0. The number of esters is 3. The van der Waals surface area contributed by atoms with Gasteiger partial charge in [0.15, 0.2) is 6.10 Å². The van der Waals surface area contributed by atoms with Crippen LogP contribution in [0.1, 0.15) is 201 Å². The quantitative estimate of drug-likeness (QED) is 0.0200. The molecule has 61 heavy (non-hydrogen) atoms. The van der Waals surface area contributed by atoms with Gasteiger partial charge in [0.2, 0.25) is 0 Å². The zero-order valence-electron chi connectivity index (χ0n) is 39.1. The third kappa shape index (κ3) is 47.0. The summed E-state index contributed by atoms with van der Waals surface area (Å²) in [5.41, 5.74) is 0. The second kappa shape index (κ2) is 48.7. The highest BCUT2D eigenvalue weighted by atomic mass is 16.6. The fourth-order valence-electron chi connectivity index (χ4n) is 6.23. The summed E-state index contributed by atoms with van der Waals surface area (Å²) in [5.74, 6) is -0.968. The van der Waals surface area contributed by atoms with Crippen molar-refractivity contribution >= 4 is 17.9 Å². The average molecular weight is 845 g/mol. The van der Waals surface area contributed by atoms with Crippen LogP contribution in [-0.4, -0.2) is 37.2 Å². The van der Waals surface area contributed by atoms with Gasteiger partial charge in [-0.2, -0.15) is 0 Å². The molecule has 0 spiro atoms. The zero-order valence-corrected chi connectivity index (χ0v) is 39.1. The molecule has 0 aromatic rings. The van der Waals surface area contributed by atoms with E-state index >= 15 is 0 Å². The molecule has 0 rings (SSSR count). The van der Waals surface area contributed by atoms with Gasteiger partial charge in [0.1, 0.15) is 13.2 Å². The van der Waals surface area contributed by atoms with Gasteiger partial charge in [-0.25, -0.2) is 0 Å². The summed E-state index contributed by atoms with van der Waals surface area (Å²) >= 11 is 0. The maximum Gasteiger partial charge on any atom is 0.306 e. The van der Waals surface area contributed by atoms with E-state index in [2.05, 4.69) is 130 Å². The maximum absolute atomic E-state index is 12.8. The first-order valence-corrected chi connectivity index (χ1v) is 24.4. The minimum atomic E-state index is -0.805. The van der Waals surface area contributed by atoms with Crippen LogP contribution in [0.5, 0.6) is 0 Å². The summed E-state index contributed by atoms with van der Waals surface area (Å²) in [4.78, 5) is 37.9. The second-order valence-corrected chi connectivity index (χ2v) is 15.6. The van der Waals surface area contributed by atoms with Gasteiger partial charge in [0, 0.05) is 19.3 Å². The first-order valence-electron chi connectivity index (χ1n) is 24.4. The molecule has 1 unspecified atom stereocenters. The Morgan fingerprint density at radius 1 is 0.344 bits per heavy atom. The van der Waals surface area contributed by atoms with Crippen molar-refractivity contribution in [2.75, 3.05) is 13.2 Å². The molecule has 6 nitrogen and oxygen atoms in total. The first kappa shape index (κ1) is 57.1. The van der Waals surface area contributed by atoms with Crippen LogP contribution < -0.4 is 0 Å². The lowest BCUT2D eigenvalue weighted by Gasteiger charge is -2.18. The van der Waals surface area contributed by atoms with Crippen LogP contribution in [0.4, 0.5) is 0 Å². The number of unbranched alkanes of at least 4 members (excludes halogenated alkanes) is 15. The van der Waals surface area contributed by atoms with Crippen LogP contribution in [-0.2, 0) is 28.6 Å². The smallest absolute Gasteiger partial charge is 0.306 e. The van der Waals surface area contributed by atoms with E-state index < -0.39 is 6.10 Å². The van der Waals surface area contributed by atoms with Gasteiger partial charge in [-0.15, -0.1) is 0 Å². The van der Waals surface area contributed by atoms with E-state index in [0.717, 1.165) is 135 Å². The zero-order chi connectivity index (χ0) is 44.4. The molecule has 0 saturated carbocycles. The highest BCUT2D eigenvalue weighted by Gasteiger charge is 2.19. The van der Waals surface area contributed by atoms with E-state index in [4.69, 9.17) is 14.2 Å². The number of hydrogen-bond donors (Lipinski definition) is 0. The molecule has 0 aliphatic heterocycles. The Morgan fingerprint density at radius 2 is 0.672 bits per heavy atom. The number of carbonyl (C=O) groups is 3. The van der Waals surface area contributed by atoms with E-state index in [0.29, 0.717) is 19.3 Å². The van der Waals surface area contributed by atoms with E-state index in [1.807, 2.05) is 0 Å². The number of ether oxygens (including phenoxy) is 3. The highest BCUT2D eigenvalue weighted by Crippen LogP contribution is 2.13. The molecule has 6 heteroatoms. The Hall–Kier alpha value is -3.93. The number of hydrogen-bond acceptors (Lipinski definition) is 6. The molecule has 0 amide bonds. The van der Waals surface area contributed by atoms with E-state index in [9.17, 15) is 14.4 Å². The van der Waals surface area contributed by atoms with Gasteiger partial charge >= 0.3 is 17.9 Å². The lowest BCUT2D eigenvalue weighted by Crippen LogP contribution is -2.30. The van der Waals surface area contributed by atoms with Crippen LogP contribution in [0.2, 0.25) is 0 Å². The van der Waals surface area contributed by atoms with Gasteiger partial charge < -0.3 is 14.2 Å². The van der Waals surface area contributed by atoms with E-state index in [1.165, 1.54) is 25.7 Å². The fraction of sp³-hybridized carbons (Fsp3) is 0.618. The van der Waals surface area contributed by atoms with Crippen molar-refractivity contribution in [3.8, 4) is 0 Å². The van der Waals surface area contributed by atoms with Crippen LogP contribution >= 0.6 is 0 Å². The van der Waals surface area contributed by atoms with Gasteiger partial charge in [0.25, 0.3) is 0 Å². The van der Waals surface area contributed by atoms with Crippen LogP contribution in [0.15, 0.2) is 109 Å². The topological polar surface area (TPSA) is 78.9 Å². The van der Waals surface area contributed by atoms with E-state index in [1.54, 1.807) is 0 Å². The van der Waals surface area contributed by atoms with Gasteiger partial charge in [-0.05, 0) is 103 Å². The molecule has 0 aromatic heterocycles. The van der Waals surface area contributed by atoms with Crippen molar-refractivity contribution in [2.24, 2.45) is 0 Å². The molecule has 0 fully saturated rings. The lowest BCUT2D eigenvalue weighted by atomic mass is 10.1. The molecule has 1 atom stereocenters. The van der Waals surface area contributed by atoms with Gasteiger partial charge in [-0.1, -0.05) is 188 Å². The maximum atomic E-state index is 12.8. The number of allylic oxidation sites excluding steroid dienone is 18. The third-order valence-electron chi connectivity index (χ3n) is 9.81. The van der Waals surface area contributed by atoms with Crippen LogP contribution in [0.3, 0.4) is 0 Å². The van der Waals surface area contributed by atoms with Crippen molar-refractivity contribution < 1.29 is 28.6 Å². The molecular formula is C55H88O6. The summed E-state index contributed by atoms with van der Waals surface area (Å²) in [6, 6.07) is 0. The Labute approximate surface area is 374 Å². The highest BCUT2D eigenvalue weighted by molar-refractivity contribution is 5.71. The van der Waals surface area contributed by atoms with Crippen molar-refractivity contribution in [3.05, 3.63) is 109 Å². The molecule has 0 aromatic carbocycles. The van der Waals surface area contributed by atoms with Crippen LogP contribution in [0.25, 0.3) is 0 Å². The second-order valence-electron chi connectivity index (χ2n) is 15.6. The van der Waals surface area contributed by atoms with Crippen molar-refractivity contribution in [3.63, 3.8) is 0 Å². The summed E-state index contributed by atoms with van der Waals surface area (Å²) < 4.78 is 16.7. The first-order chi connectivity index (χ1) is 30.0. The van der Waals surface area contributed by atoms with Gasteiger partial charge in [-0.3, -0.25) is 14.4 Å². The van der Waals surface area contributed by atoms with Crippen molar-refractivity contribution in [2.45, 2.75) is 207 Å². The summed E-state index contributed by atoms with van der Waals surface area (Å²) in [7, 11) is 0. The molecule has 0 heterocycles. The van der Waals surface area contributed by atoms with Crippen molar-refractivity contribution in [1.29, 1.82) is 0 Å². The SMILES string of the molecule is CC\C=C/C=C\C=C/CCCCCCCCCC(=O)OCC(COC(=O)CCCCCC/C=C\C/C=C\C/C=C\CC)OC(=O)CCCCCC/C=C\C/C=C\C/C=C\CC. The summed E-state index contributed by atoms with van der Waals surface area (Å²) in [5, 5.41) is 0. The molecule has 0 N–H and O–H groups in total. The molecular weight excluding hydrogens is 757 g/mol. The Balaban J connectivity index is 4.50. The minimum absolute atomic E-state index is 0.103. The molecule has 0 bridgehead atoms. The fourth-order valence-corrected chi connectivity index (χ4v) is 6.23. The average Bonchev–Trinajstić information content (AvgIpc) is 3.26. The van der Waals surface area contributed by atoms with Crippen molar-refractivity contribution in [1.82, 2.24) is 0 Å². The molecule has 0 saturated heterocycles. The molecule has 0 radical (unpaired) electrons. The third-order valence-corrected chi connectivity index (χ3v) is 9.81. The summed E-state index contributed by atoms with van der Waals surface area (Å²) in [6.45, 7) is 6.21. The number of carbonyl (C=O) groups excluding carboxylic acids is 3. The largest absolute Gasteiger partial charge is 0.462 e. The number of rotatable bonds is 42. The predicted octanol–water partition coefficient (Wildman–Crippen LogP) is 16.0. The van der Waals surface area contributed by atoms with E-state index in [-0.39, 0.29) is 31.1 Å². The Morgan fingerprint density at radius 3 is 1.10 bits per heavy atom. The monoisotopic (exact) mass is 845 g/mol. The predicted molar refractivity (Wildman–Crippen MR) is 260 cm³/mol. The molecule has 0 aliphatic rings.